The summed E-state index contributed by atoms with van der Waals surface area (Å²) in [4.78, 5) is 34.5. The van der Waals surface area contributed by atoms with Gasteiger partial charge in [-0.1, -0.05) is 20.3 Å². The molecule has 0 saturated carbocycles. The molecule has 20 heavy (non-hydrogen) atoms. The molecule has 1 aliphatic rings. The van der Waals surface area contributed by atoms with E-state index in [1.54, 1.807) is 30.3 Å². The molecule has 0 radical (unpaired) electrons. The summed E-state index contributed by atoms with van der Waals surface area (Å²) in [5, 5.41) is 2.74. The van der Waals surface area contributed by atoms with Gasteiger partial charge in [-0.25, -0.2) is 9.97 Å². The van der Waals surface area contributed by atoms with E-state index in [1.807, 2.05) is 13.8 Å². The molecule has 6 nitrogen and oxygen atoms in total. The second kappa shape index (κ2) is 5.98. The molecule has 1 aromatic heterocycles. The molecule has 1 N–H and O–H groups in total. The van der Waals surface area contributed by atoms with Crippen molar-refractivity contribution in [3.05, 3.63) is 24.3 Å². The fraction of sp³-hybridized carbons (Fsp3) is 0.571. The minimum atomic E-state index is -0.494. The molecular weight excluding hydrogens is 256 g/mol. The Morgan fingerprint density at radius 3 is 2.60 bits per heavy atom. The number of hydrogen-bond acceptors (Lipinski definition) is 4. The van der Waals surface area contributed by atoms with Crippen molar-refractivity contribution in [3.8, 4) is 0 Å². The first-order valence-corrected chi connectivity index (χ1v) is 6.91. The Balaban J connectivity index is 2.27. The number of rotatable bonds is 4. The highest BCUT2D eigenvalue weighted by Crippen LogP contribution is 2.21. The molecule has 0 aliphatic carbocycles. The molecule has 0 bridgehead atoms. The normalized spacial score (nSPS) is 24.4. The van der Waals surface area contributed by atoms with Crippen LogP contribution in [0.15, 0.2) is 18.5 Å². The molecule has 0 aromatic carbocycles. The van der Waals surface area contributed by atoms with Crippen molar-refractivity contribution in [1.29, 1.82) is 0 Å². The van der Waals surface area contributed by atoms with Gasteiger partial charge < -0.3 is 10.2 Å². The first-order chi connectivity index (χ1) is 9.54. The fourth-order valence-corrected chi connectivity index (χ4v) is 2.42. The van der Waals surface area contributed by atoms with E-state index in [2.05, 4.69) is 15.3 Å². The van der Waals surface area contributed by atoms with Gasteiger partial charge in [0.05, 0.1) is 6.54 Å². The standard InChI is InChI=1S/C14H20N4O2/c1-4-9(2)12-13(19)17-10(3)14(20)18(12)8-11-15-6-5-7-16-11/h5-7,9-10,12H,4,8H2,1-3H3,(H,17,19). The van der Waals surface area contributed by atoms with Crippen molar-refractivity contribution in [2.24, 2.45) is 5.92 Å². The maximum absolute atomic E-state index is 12.4. The van der Waals surface area contributed by atoms with Gasteiger partial charge in [-0.15, -0.1) is 0 Å². The van der Waals surface area contributed by atoms with Crippen molar-refractivity contribution < 1.29 is 9.59 Å². The second-order valence-electron chi connectivity index (χ2n) is 5.19. The van der Waals surface area contributed by atoms with Crippen LogP contribution < -0.4 is 5.32 Å². The molecule has 1 fully saturated rings. The average Bonchev–Trinajstić information content (AvgIpc) is 2.45. The summed E-state index contributed by atoms with van der Waals surface area (Å²) in [6.45, 7) is 5.96. The number of piperazine rings is 1. The molecular formula is C14H20N4O2. The Morgan fingerprint density at radius 1 is 1.35 bits per heavy atom. The van der Waals surface area contributed by atoms with Crippen LogP contribution >= 0.6 is 0 Å². The fourth-order valence-electron chi connectivity index (χ4n) is 2.42. The minimum absolute atomic E-state index is 0.0812. The Bertz CT molecular complexity index is 491. The third-order valence-corrected chi connectivity index (χ3v) is 3.73. The van der Waals surface area contributed by atoms with Gasteiger partial charge in [0.1, 0.15) is 17.9 Å². The van der Waals surface area contributed by atoms with Crippen molar-refractivity contribution >= 4 is 11.8 Å². The van der Waals surface area contributed by atoms with Gasteiger partial charge in [0.2, 0.25) is 11.8 Å². The number of aromatic nitrogens is 2. The zero-order valence-electron chi connectivity index (χ0n) is 12.0. The van der Waals surface area contributed by atoms with Crippen LogP contribution in [-0.2, 0) is 16.1 Å². The van der Waals surface area contributed by atoms with E-state index in [0.717, 1.165) is 6.42 Å². The Hall–Kier alpha value is -1.98. The van der Waals surface area contributed by atoms with E-state index in [1.165, 1.54) is 0 Å². The van der Waals surface area contributed by atoms with E-state index in [0.29, 0.717) is 5.82 Å². The maximum atomic E-state index is 12.4. The number of nitrogens with zero attached hydrogens (tertiary/aromatic N) is 3. The first kappa shape index (κ1) is 14.4. The van der Waals surface area contributed by atoms with Crippen molar-refractivity contribution in [1.82, 2.24) is 20.2 Å². The Labute approximate surface area is 118 Å². The SMILES string of the molecule is CCC(C)C1C(=O)NC(C)C(=O)N1Cc1ncccn1. The van der Waals surface area contributed by atoms with Crippen LogP contribution in [0.3, 0.4) is 0 Å². The topological polar surface area (TPSA) is 75.2 Å². The molecule has 1 aliphatic heterocycles. The average molecular weight is 276 g/mol. The number of carbonyl (C=O) groups is 2. The monoisotopic (exact) mass is 276 g/mol. The summed E-state index contributed by atoms with van der Waals surface area (Å²) in [7, 11) is 0. The predicted molar refractivity (Wildman–Crippen MR) is 73.4 cm³/mol. The minimum Gasteiger partial charge on any atom is -0.343 e. The van der Waals surface area contributed by atoms with E-state index in [4.69, 9.17) is 0 Å². The molecule has 0 spiro atoms. The molecule has 2 amide bonds. The van der Waals surface area contributed by atoms with E-state index in [-0.39, 0.29) is 24.3 Å². The zero-order valence-corrected chi connectivity index (χ0v) is 12.0. The van der Waals surface area contributed by atoms with Gasteiger partial charge in [0.25, 0.3) is 0 Å². The lowest BCUT2D eigenvalue weighted by Crippen LogP contribution is -2.63. The van der Waals surface area contributed by atoms with Crippen LogP contribution in [-0.4, -0.2) is 38.8 Å². The number of hydrogen-bond donors (Lipinski definition) is 1. The summed E-state index contributed by atoms with van der Waals surface area (Å²) < 4.78 is 0. The summed E-state index contributed by atoms with van der Waals surface area (Å²) in [6.07, 6.45) is 4.10. The van der Waals surface area contributed by atoms with Gasteiger partial charge in [-0.05, 0) is 18.9 Å². The van der Waals surface area contributed by atoms with Crippen molar-refractivity contribution in [2.45, 2.75) is 45.8 Å². The molecule has 2 rings (SSSR count). The molecule has 108 valence electrons. The van der Waals surface area contributed by atoms with Gasteiger partial charge in [0, 0.05) is 12.4 Å². The van der Waals surface area contributed by atoms with Crippen LogP contribution in [0.4, 0.5) is 0 Å². The molecule has 3 atom stereocenters. The van der Waals surface area contributed by atoms with E-state index in [9.17, 15) is 9.59 Å². The Kier molecular flexibility index (Phi) is 4.32. The number of carbonyl (C=O) groups excluding carboxylic acids is 2. The third-order valence-electron chi connectivity index (χ3n) is 3.73. The highest BCUT2D eigenvalue weighted by atomic mass is 16.2. The van der Waals surface area contributed by atoms with Gasteiger partial charge in [-0.2, -0.15) is 0 Å². The van der Waals surface area contributed by atoms with Crippen LogP contribution in [0.2, 0.25) is 0 Å². The molecule has 6 heteroatoms. The molecule has 1 saturated heterocycles. The summed E-state index contributed by atoms with van der Waals surface area (Å²) >= 11 is 0. The third kappa shape index (κ3) is 2.79. The lowest BCUT2D eigenvalue weighted by atomic mass is 9.93. The maximum Gasteiger partial charge on any atom is 0.245 e. The quantitative estimate of drug-likeness (QED) is 0.880. The second-order valence-corrected chi connectivity index (χ2v) is 5.19. The van der Waals surface area contributed by atoms with Crippen LogP contribution in [0.1, 0.15) is 33.0 Å². The summed E-state index contributed by atoms with van der Waals surface area (Å²) in [5.41, 5.74) is 0. The smallest absolute Gasteiger partial charge is 0.245 e. The predicted octanol–water partition coefficient (Wildman–Crippen LogP) is 0.738. The lowest BCUT2D eigenvalue weighted by molar-refractivity contribution is -0.151. The first-order valence-electron chi connectivity index (χ1n) is 6.91. The van der Waals surface area contributed by atoms with Crippen LogP contribution in [0.25, 0.3) is 0 Å². The largest absolute Gasteiger partial charge is 0.343 e. The van der Waals surface area contributed by atoms with Crippen LogP contribution in [0, 0.1) is 5.92 Å². The zero-order chi connectivity index (χ0) is 14.7. The number of nitrogens with one attached hydrogen (secondary N) is 1. The highest BCUT2D eigenvalue weighted by Gasteiger charge is 2.41. The summed E-state index contributed by atoms with van der Waals surface area (Å²) in [5.74, 6) is 0.468. The number of amides is 2. The van der Waals surface area contributed by atoms with Crippen molar-refractivity contribution in [3.63, 3.8) is 0 Å². The van der Waals surface area contributed by atoms with E-state index >= 15 is 0 Å². The highest BCUT2D eigenvalue weighted by molar-refractivity contribution is 5.96. The van der Waals surface area contributed by atoms with E-state index < -0.39 is 12.1 Å². The molecule has 3 unspecified atom stereocenters. The lowest BCUT2D eigenvalue weighted by Gasteiger charge is -2.40. The van der Waals surface area contributed by atoms with Crippen LogP contribution in [0.5, 0.6) is 0 Å². The molecule has 2 heterocycles. The summed E-state index contributed by atoms with van der Waals surface area (Å²) in [6, 6.07) is 0.780. The molecule has 1 aromatic rings. The van der Waals surface area contributed by atoms with Gasteiger partial charge >= 0.3 is 0 Å². The van der Waals surface area contributed by atoms with Gasteiger partial charge in [0.15, 0.2) is 0 Å². The Morgan fingerprint density at radius 2 is 2.00 bits per heavy atom. The van der Waals surface area contributed by atoms with Gasteiger partial charge in [-0.3, -0.25) is 9.59 Å². The van der Waals surface area contributed by atoms with Crippen molar-refractivity contribution in [2.75, 3.05) is 0 Å².